The molecule has 0 saturated heterocycles. The van der Waals surface area contributed by atoms with Crippen molar-refractivity contribution in [3.63, 3.8) is 0 Å². The van der Waals surface area contributed by atoms with Crippen LogP contribution in [-0.2, 0) is 20.1 Å². The zero-order chi connectivity index (χ0) is 34.0. The minimum atomic E-state index is 0. The Morgan fingerprint density at radius 2 is 1.45 bits per heavy atom. The van der Waals surface area contributed by atoms with Gasteiger partial charge in [0.15, 0.2) is 0 Å². The number of hydrogen-bond acceptors (Lipinski definition) is 4. The minimum Gasteiger partial charge on any atom is -0.500 e. The first kappa shape index (κ1) is 33.7. The molecule has 4 heterocycles. The zero-order valence-corrected chi connectivity index (χ0v) is 30.8. The van der Waals surface area contributed by atoms with Crippen LogP contribution in [0.1, 0.15) is 16.7 Å². The first-order chi connectivity index (χ1) is 24.5. The monoisotopic (exact) mass is 836 g/mol. The predicted molar refractivity (Wildman–Crippen MR) is 205 cm³/mol. The number of benzene rings is 5. The second-order valence-corrected chi connectivity index (χ2v) is 12.5. The molecule has 9 rings (SSSR count). The number of furan rings is 1. The number of rotatable bonds is 4. The Bertz CT molecular complexity index is 2560. The van der Waals surface area contributed by atoms with Crippen LogP contribution >= 0.6 is 0 Å². The summed E-state index contributed by atoms with van der Waals surface area (Å²) in [5.41, 5.74) is 13.4. The number of aromatic nitrogens is 3. The fourth-order valence-corrected chi connectivity index (χ4v) is 6.43. The number of nitrogens with zero attached hydrogens (tertiary/aromatic N) is 3. The Kier molecular flexibility index (Phi) is 9.67. The molecule has 0 spiro atoms. The SMILES string of the molecule is Cc1c[c-]c(-c2ccc(C)cn2)cc1.Cc1ccc(-c2cccc3ccncc23)c2oc3c(-c4cc(-c5ccccc5)ccn4)[c-]ccc3c12.[Ir]. The molecular formula is C46H33IrN3O-2. The second kappa shape index (κ2) is 14.6. The van der Waals surface area contributed by atoms with E-state index in [0.717, 1.165) is 77.5 Å². The Balaban J connectivity index is 0.000000228. The average Bonchev–Trinajstić information content (AvgIpc) is 3.57. The van der Waals surface area contributed by atoms with E-state index in [1.807, 2.05) is 74.2 Å². The van der Waals surface area contributed by atoms with Crippen molar-refractivity contribution < 1.29 is 24.5 Å². The first-order valence-electron chi connectivity index (χ1n) is 16.7. The van der Waals surface area contributed by atoms with Gasteiger partial charge in [-0.15, -0.1) is 53.6 Å². The molecule has 0 fully saturated rings. The summed E-state index contributed by atoms with van der Waals surface area (Å²) in [7, 11) is 0. The maximum Gasteiger partial charge on any atom is 0.129 e. The summed E-state index contributed by atoms with van der Waals surface area (Å²) < 4.78 is 6.71. The van der Waals surface area contributed by atoms with E-state index >= 15 is 0 Å². The number of fused-ring (bicyclic) bond motifs is 4. The molecule has 0 saturated carbocycles. The summed E-state index contributed by atoms with van der Waals surface area (Å²) in [6.45, 7) is 6.23. The molecule has 1 radical (unpaired) electrons. The fourth-order valence-electron chi connectivity index (χ4n) is 6.43. The van der Waals surface area contributed by atoms with E-state index < -0.39 is 0 Å². The van der Waals surface area contributed by atoms with Crippen molar-refractivity contribution in [1.82, 2.24) is 15.0 Å². The van der Waals surface area contributed by atoms with Gasteiger partial charge in [-0.05, 0) is 70.6 Å². The van der Waals surface area contributed by atoms with Gasteiger partial charge in [0.05, 0.1) is 5.58 Å². The van der Waals surface area contributed by atoms with Crippen LogP contribution in [0.25, 0.3) is 77.5 Å². The molecule has 0 bridgehead atoms. The van der Waals surface area contributed by atoms with Crippen LogP contribution in [0.15, 0.2) is 151 Å². The quantitative estimate of drug-likeness (QED) is 0.166. The van der Waals surface area contributed by atoms with Gasteiger partial charge in [-0.1, -0.05) is 96.7 Å². The third-order valence-electron chi connectivity index (χ3n) is 9.04. The summed E-state index contributed by atoms with van der Waals surface area (Å²) in [6.07, 6.45) is 7.49. The molecule has 4 nitrogen and oxygen atoms in total. The molecule has 9 aromatic rings. The molecule has 5 aromatic carbocycles. The summed E-state index contributed by atoms with van der Waals surface area (Å²) in [6, 6.07) is 48.1. The normalized spacial score (nSPS) is 10.9. The van der Waals surface area contributed by atoms with Crippen LogP contribution < -0.4 is 0 Å². The standard InChI is InChI=1S/C33H21N2O.C13H12N.Ir/c1-21-13-14-26(25-10-5-9-23-15-17-34-20-29(23)25)33-31(21)28-12-6-11-27(32(28)36-33)30-19-24(16-18-35-30)22-7-3-2-4-8-22;1-10-3-6-12(7-4-10)13-8-5-11(2)9-14-13;/h2-10,12-20H,1H3;3-6,8-9H,1-2H3;/q2*-1;. The predicted octanol–water partition coefficient (Wildman–Crippen LogP) is 11.8. The summed E-state index contributed by atoms with van der Waals surface area (Å²) in [4.78, 5) is 13.4. The molecule has 0 aliphatic heterocycles. The number of hydrogen-bond donors (Lipinski definition) is 0. The average molecular weight is 836 g/mol. The van der Waals surface area contributed by atoms with E-state index in [-0.39, 0.29) is 20.1 Å². The van der Waals surface area contributed by atoms with Crippen molar-refractivity contribution in [3.8, 4) is 44.8 Å². The molecule has 0 unspecified atom stereocenters. The van der Waals surface area contributed by atoms with Gasteiger partial charge in [0.2, 0.25) is 0 Å². The van der Waals surface area contributed by atoms with E-state index in [4.69, 9.17) is 9.40 Å². The molecule has 0 amide bonds. The molecule has 0 aliphatic rings. The van der Waals surface area contributed by atoms with Crippen LogP contribution in [0, 0.1) is 32.9 Å². The van der Waals surface area contributed by atoms with Crippen LogP contribution in [-0.4, -0.2) is 15.0 Å². The summed E-state index contributed by atoms with van der Waals surface area (Å²) in [5.74, 6) is 0. The van der Waals surface area contributed by atoms with Crippen molar-refractivity contribution in [2.45, 2.75) is 20.8 Å². The van der Waals surface area contributed by atoms with Crippen molar-refractivity contribution in [1.29, 1.82) is 0 Å². The zero-order valence-electron chi connectivity index (χ0n) is 28.4. The second-order valence-electron chi connectivity index (χ2n) is 12.5. The van der Waals surface area contributed by atoms with Gasteiger partial charge in [-0.2, -0.15) is 0 Å². The molecule has 0 aliphatic carbocycles. The molecule has 5 heteroatoms. The van der Waals surface area contributed by atoms with E-state index in [0.29, 0.717) is 0 Å². The van der Waals surface area contributed by atoms with Crippen molar-refractivity contribution in [2.24, 2.45) is 0 Å². The smallest absolute Gasteiger partial charge is 0.129 e. The topological polar surface area (TPSA) is 51.8 Å². The minimum absolute atomic E-state index is 0. The largest absolute Gasteiger partial charge is 0.500 e. The van der Waals surface area contributed by atoms with Crippen LogP contribution in [0.2, 0.25) is 0 Å². The van der Waals surface area contributed by atoms with Crippen LogP contribution in [0.4, 0.5) is 0 Å². The Morgan fingerprint density at radius 3 is 2.25 bits per heavy atom. The van der Waals surface area contributed by atoms with Gasteiger partial charge in [-0.3, -0.25) is 4.98 Å². The van der Waals surface area contributed by atoms with Gasteiger partial charge in [0.1, 0.15) is 5.58 Å². The first-order valence-corrected chi connectivity index (χ1v) is 16.7. The van der Waals surface area contributed by atoms with Crippen molar-refractivity contribution in [2.75, 3.05) is 0 Å². The Hall–Kier alpha value is -5.74. The fraction of sp³-hybridized carbons (Fsp3) is 0.0652. The Labute approximate surface area is 311 Å². The molecule has 0 atom stereocenters. The maximum absolute atomic E-state index is 6.71. The number of aryl methyl sites for hydroxylation is 3. The summed E-state index contributed by atoms with van der Waals surface area (Å²) in [5, 5.41) is 4.46. The summed E-state index contributed by atoms with van der Waals surface area (Å²) >= 11 is 0. The molecule has 0 N–H and O–H groups in total. The third kappa shape index (κ3) is 6.74. The molecular weight excluding hydrogens is 803 g/mol. The maximum atomic E-state index is 6.71. The molecule has 4 aromatic heterocycles. The van der Waals surface area contributed by atoms with E-state index in [1.165, 1.54) is 16.7 Å². The Morgan fingerprint density at radius 1 is 0.588 bits per heavy atom. The van der Waals surface area contributed by atoms with Crippen LogP contribution in [0.3, 0.4) is 0 Å². The van der Waals surface area contributed by atoms with E-state index in [1.54, 1.807) is 0 Å². The van der Waals surface area contributed by atoms with E-state index in [9.17, 15) is 0 Å². The van der Waals surface area contributed by atoms with Gasteiger partial charge in [-0.25, -0.2) is 0 Å². The van der Waals surface area contributed by atoms with Crippen molar-refractivity contribution >= 4 is 32.7 Å². The van der Waals surface area contributed by atoms with Gasteiger partial charge < -0.3 is 14.4 Å². The van der Waals surface area contributed by atoms with Crippen LogP contribution in [0.5, 0.6) is 0 Å². The van der Waals surface area contributed by atoms with Crippen molar-refractivity contribution in [3.05, 3.63) is 175 Å². The van der Waals surface area contributed by atoms with Gasteiger partial charge in [0, 0.05) is 61.2 Å². The van der Waals surface area contributed by atoms with E-state index in [2.05, 4.69) is 115 Å². The molecule has 51 heavy (non-hydrogen) atoms. The molecule has 249 valence electrons. The van der Waals surface area contributed by atoms with Gasteiger partial charge in [0.25, 0.3) is 0 Å². The van der Waals surface area contributed by atoms with Gasteiger partial charge >= 0.3 is 0 Å². The third-order valence-corrected chi connectivity index (χ3v) is 9.04. The number of pyridine rings is 3.